The third-order valence-electron chi connectivity index (χ3n) is 3.55. The first kappa shape index (κ1) is 13.8. The number of benzene rings is 1. The Morgan fingerprint density at radius 1 is 1.47 bits per heavy atom. The van der Waals surface area contributed by atoms with Gasteiger partial charge >= 0.3 is 5.97 Å². The van der Waals surface area contributed by atoms with Crippen molar-refractivity contribution in [2.75, 3.05) is 31.6 Å². The Morgan fingerprint density at radius 3 is 3.05 bits per heavy atom. The topological polar surface area (TPSA) is 81.6 Å². The Kier molecular flexibility index (Phi) is 4.76. The molecule has 1 heterocycles. The van der Waals surface area contributed by atoms with Gasteiger partial charge in [-0.25, -0.2) is 0 Å². The van der Waals surface area contributed by atoms with E-state index in [1.807, 2.05) is 24.3 Å². The minimum Gasteiger partial charge on any atom is -0.481 e. The molecular formula is C14H20N2O3. The first-order valence-corrected chi connectivity index (χ1v) is 6.60. The van der Waals surface area contributed by atoms with Crippen LogP contribution in [-0.2, 0) is 4.79 Å². The number of carboxylic acids is 1. The second-order valence-electron chi connectivity index (χ2n) is 4.82. The number of aliphatic carboxylic acids is 1. The molecule has 2 rings (SSSR count). The number of rotatable bonds is 5. The third kappa shape index (κ3) is 3.45. The zero-order valence-corrected chi connectivity index (χ0v) is 10.8. The van der Waals surface area contributed by atoms with Crippen LogP contribution < -0.4 is 10.6 Å². The maximum absolute atomic E-state index is 11.3. The predicted octanol–water partition coefficient (Wildman–Crippen LogP) is 0.868. The first-order chi connectivity index (χ1) is 9.22. The van der Waals surface area contributed by atoms with Gasteiger partial charge in [-0.3, -0.25) is 4.79 Å². The molecule has 5 nitrogen and oxygen atoms in total. The number of hydrogen-bond acceptors (Lipinski definition) is 4. The van der Waals surface area contributed by atoms with Crippen molar-refractivity contribution in [2.45, 2.75) is 12.3 Å². The molecule has 0 aliphatic carbocycles. The van der Waals surface area contributed by atoms with Crippen LogP contribution in [0.5, 0.6) is 0 Å². The van der Waals surface area contributed by atoms with Gasteiger partial charge in [0.2, 0.25) is 0 Å². The molecule has 0 bridgehead atoms. The van der Waals surface area contributed by atoms with Crippen molar-refractivity contribution in [3.8, 4) is 0 Å². The maximum atomic E-state index is 11.3. The monoisotopic (exact) mass is 264 g/mol. The van der Waals surface area contributed by atoms with Gasteiger partial charge in [-0.15, -0.1) is 0 Å². The average molecular weight is 264 g/mol. The van der Waals surface area contributed by atoms with Crippen LogP contribution in [0.1, 0.15) is 17.9 Å². The van der Waals surface area contributed by atoms with E-state index in [2.05, 4.69) is 10.6 Å². The molecule has 1 aromatic carbocycles. The number of hydrogen-bond donors (Lipinski definition) is 4. The van der Waals surface area contributed by atoms with E-state index in [0.29, 0.717) is 19.5 Å². The smallest absolute Gasteiger partial charge is 0.307 e. The van der Waals surface area contributed by atoms with Gasteiger partial charge in [0.15, 0.2) is 0 Å². The number of aliphatic hydroxyl groups is 1. The molecule has 2 unspecified atom stereocenters. The Labute approximate surface area is 112 Å². The van der Waals surface area contributed by atoms with Crippen LogP contribution in [0, 0.1) is 5.92 Å². The fourth-order valence-corrected chi connectivity index (χ4v) is 2.58. The quantitative estimate of drug-likeness (QED) is 0.634. The van der Waals surface area contributed by atoms with E-state index >= 15 is 0 Å². The Hall–Kier alpha value is -1.59. The van der Waals surface area contributed by atoms with Gasteiger partial charge < -0.3 is 20.8 Å². The molecule has 2 atom stereocenters. The summed E-state index contributed by atoms with van der Waals surface area (Å²) in [5, 5.41) is 24.5. The highest BCUT2D eigenvalue weighted by atomic mass is 16.4. The fourth-order valence-electron chi connectivity index (χ4n) is 2.58. The minimum absolute atomic E-state index is 0.00197. The molecule has 19 heavy (non-hydrogen) atoms. The summed E-state index contributed by atoms with van der Waals surface area (Å²) in [6, 6.07) is 7.79. The van der Waals surface area contributed by atoms with Crippen molar-refractivity contribution in [1.29, 1.82) is 0 Å². The molecule has 0 amide bonds. The number of nitrogens with one attached hydrogen (secondary N) is 2. The van der Waals surface area contributed by atoms with Gasteiger partial charge in [-0.1, -0.05) is 12.1 Å². The number of carbonyl (C=O) groups is 1. The summed E-state index contributed by atoms with van der Waals surface area (Å²) in [6.45, 7) is 2.03. The van der Waals surface area contributed by atoms with E-state index in [1.165, 1.54) is 0 Å². The number of aliphatic hydroxyl groups excluding tert-OH is 1. The van der Waals surface area contributed by atoms with E-state index < -0.39 is 5.97 Å². The highest BCUT2D eigenvalue weighted by molar-refractivity contribution is 5.72. The summed E-state index contributed by atoms with van der Waals surface area (Å²) in [5.41, 5.74) is 1.95. The highest BCUT2D eigenvalue weighted by Crippen LogP contribution is 2.30. The summed E-state index contributed by atoms with van der Waals surface area (Å²) in [4.78, 5) is 11.3. The molecule has 4 N–H and O–H groups in total. The molecule has 5 heteroatoms. The van der Waals surface area contributed by atoms with Gasteiger partial charge in [0.1, 0.15) is 0 Å². The van der Waals surface area contributed by atoms with Crippen LogP contribution in [0.4, 0.5) is 5.69 Å². The van der Waals surface area contributed by atoms with Crippen LogP contribution in [0.15, 0.2) is 24.3 Å². The lowest BCUT2D eigenvalue weighted by Gasteiger charge is -2.29. The predicted molar refractivity (Wildman–Crippen MR) is 73.4 cm³/mol. The molecule has 0 saturated carbocycles. The Morgan fingerprint density at radius 2 is 2.32 bits per heavy atom. The lowest BCUT2D eigenvalue weighted by molar-refractivity contribution is -0.143. The third-order valence-corrected chi connectivity index (χ3v) is 3.55. The molecule has 0 aromatic heterocycles. The van der Waals surface area contributed by atoms with Crippen molar-refractivity contribution >= 4 is 11.7 Å². The molecule has 0 radical (unpaired) electrons. The lowest BCUT2D eigenvalue weighted by atomic mass is 9.81. The number of piperidine rings is 1. The van der Waals surface area contributed by atoms with E-state index in [9.17, 15) is 9.90 Å². The zero-order chi connectivity index (χ0) is 13.7. The second kappa shape index (κ2) is 6.54. The van der Waals surface area contributed by atoms with E-state index in [4.69, 9.17) is 5.11 Å². The van der Waals surface area contributed by atoms with Gasteiger partial charge in [-0.05, 0) is 30.7 Å². The molecule has 1 aliphatic heterocycles. The van der Waals surface area contributed by atoms with Gasteiger partial charge in [0, 0.05) is 24.7 Å². The van der Waals surface area contributed by atoms with Crippen LogP contribution in [0.25, 0.3) is 0 Å². The Bertz CT molecular complexity index is 436. The van der Waals surface area contributed by atoms with Crippen LogP contribution >= 0.6 is 0 Å². The summed E-state index contributed by atoms with van der Waals surface area (Å²) in [7, 11) is 0. The summed E-state index contributed by atoms with van der Waals surface area (Å²) < 4.78 is 0. The largest absolute Gasteiger partial charge is 0.481 e. The van der Waals surface area contributed by atoms with Gasteiger partial charge in [-0.2, -0.15) is 0 Å². The van der Waals surface area contributed by atoms with Crippen molar-refractivity contribution < 1.29 is 15.0 Å². The minimum atomic E-state index is -0.722. The van der Waals surface area contributed by atoms with E-state index in [-0.39, 0.29) is 18.4 Å². The fraction of sp³-hybridized carbons (Fsp3) is 0.500. The molecule has 1 aromatic rings. The van der Waals surface area contributed by atoms with Crippen molar-refractivity contribution in [2.24, 2.45) is 5.92 Å². The highest BCUT2D eigenvalue weighted by Gasteiger charge is 2.31. The first-order valence-electron chi connectivity index (χ1n) is 6.60. The average Bonchev–Trinajstić information content (AvgIpc) is 2.45. The van der Waals surface area contributed by atoms with Gasteiger partial charge in [0.05, 0.1) is 12.5 Å². The molecule has 0 spiro atoms. The lowest BCUT2D eigenvalue weighted by Crippen LogP contribution is -2.38. The zero-order valence-electron chi connectivity index (χ0n) is 10.8. The molecule has 1 aliphatic rings. The summed E-state index contributed by atoms with van der Waals surface area (Å²) in [6.07, 6.45) is 0.661. The van der Waals surface area contributed by atoms with Crippen molar-refractivity contribution in [3.05, 3.63) is 29.8 Å². The maximum Gasteiger partial charge on any atom is 0.307 e. The standard InChI is InChI=1S/C14H20N2O3/c17-7-6-16-11-3-1-2-10(8-11)13-9-15-5-4-12(13)14(18)19/h1-3,8,12-13,15-17H,4-7,9H2,(H,18,19). The SMILES string of the molecule is O=C(O)C1CCNCC1c1cccc(NCCO)c1. The van der Waals surface area contributed by atoms with Crippen molar-refractivity contribution in [3.63, 3.8) is 0 Å². The number of carboxylic acid groups (broad SMARTS) is 1. The van der Waals surface area contributed by atoms with Gasteiger partial charge in [0.25, 0.3) is 0 Å². The Balaban J connectivity index is 2.16. The normalized spacial score (nSPS) is 23.0. The van der Waals surface area contributed by atoms with Crippen LogP contribution in [0.2, 0.25) is 0 Å². The second-order valence-corrected chi connectivity index (χ2v) is 4.82. The molecule has 1 saturated heterocycles. The van der Waals surface area contributed by atoms with E-state index in [0.717, 1.165) is 17.8 Å². The van der Waals surface area contributed by atoms with Crippen LogP contribution in [-0.4, -0.2) is 42.4 Å². The van der Waals surface area contributed by atoms with Crippen molar-refractivity contribution in [1.82, 2.24) is 5.32 Å². The number of anilines is 1. The van der Waals surface area contributed by atoms with Crippen LogP contribution in [0.3, 0.4) is 0 Å². The molecule has 1 fully saturated rings. The van der Waals surface area contributed by atoms with E-state index in [1.54, 1.807) is 0 Å². The summed E-state index contributed by atoms with van der Waals surface area (Å²) >= 11 is 0. The molecule has 104 valence electrons. The summed E-state index contributed by atoms with van der Waals surface area (Å²) in [5.74, 6) is -1.04. The molecular weight excluding hydrogens is 244 g/mol.